The van der Waals surface area contributed by atoms with Crippen LogP contribution in [0.5, 0.6) is 0 Å². The maximum absolute atomic E-state index is 10.5. The number of ether oxygens (including phenoxy) is 1. The van der Waals surface area contributed by atoms with Gasteiger partial charge in [0.1, 0.15) is 0 Å². The van der Waals surface area contributed by atoms with Crippen LogP contribution in [0.4, 0.5) is 0 Å². The number of carbonyl (C=O) groups is 1. The smallest absolute Gasteiger partial charge is 0.305 e. The molecule has 50 valence electrons. The second-order valence-corrected chi connectivity index (χ2v) is 2.03. The molecule has 9 heavy (non-hydrogen) atoms. The van der Waals surface area contributed by atoms with Crippen molar-refractivity contribution in [2.75, 3.05) is 6.61 Å². The van der Waals surface area contributed by atoms with Crippen LogP contribution in [0.25, 0.3) is 0 Å². The molecule has 0 amide bonds. The van der Waals surface area contributed by atoms with E-state index >= 15 is 0 Å². The maximum Gasteiger partial charge on any atom is 0.305 e. The predicted molar refractivity (Wildman–Crippen MR) is 35.2 cm³/mol. The standard InChI is InChI=1S/C6H10O2.Pb/c7-6-4-2-1-3-5-8-6;/h1-5H2;. The summed E-state index contributed by atoms with van der Waals surface area (Å²) in [5.74, 6) is -0.0255. The van der Waals surface area contributed by atoms with E-state index in [4.69, 9.17) is 4.74 Å². The summed E-state index contributed by atoms with van der Waals surface area (Å²) in [4.78, 5) is 10.5. The summed E-state index contributed by atoms with van der Waals surface area (Å²) in [6.07, 6.45) is 3.83. The molecule has 1 aliphatic rings. The molecule has 1 saturated heterocycles. The topological polar surface area (TPSA) is 26.3 Å². The Labute approximate surface area is 75.1 Å². The van der Waals surface area contributed by atoms with E-state index in [9.17, 15) is 4.79 Å². The van der Waals surface area contributed by atoms with Crippen LogP contribution < -0.4 is 0 Å². The average molecular weight is 321 g/mol. The van der Waals surface area contributed by atoms with E-state index in [1.54, 1.807) is 0 Å². The fraction of sp³-hybridized carbons (Fsp3) is 0.833. The Morgan fingerprint density at radius 3 is 2.78 bits per heavy atom. The summed E-state index contributed by atoms with van der Waals surface area (Å²) < 4.78 is 4.76. The third-order valence-electron chi connectivity index (χ3n) is 1.29. The number of cyclic esters (lactones) is 1. The van der Waals surface area contributed by atoms with Gasteiger partial charge in [0.25, 0.3) is 0 Å². The van der Waals surface area contributed by atoms with Gasteiger partial charge in [-0.1, -0.05) is 0 Å². The van der Waals surface area contributed by atoms with Crippen LogP contribution in [0.1, 0.15) is 25.7 Å². The Hall–Kier alpha value is 0.392. The van der Waals surface area contributed by atoms with Gasteiger partial charge in [-0.25, -0.2) is 0 Å². The van der Waals surface area contributed by atoms with E-state index in [1.165, 1.54) is 0 Å². The van der Waals surface area contributed by atoms with E-state index in [1.807, 2.05) is 0 Å². The molecule has 0 aromatic rings. The van der Waals surface area contributed by atoms with Crippen LogP contribution >= 0.6 is 0 Å². The Kier molecular flexibility index (Phi) is 5.42. The van der Waals surface area contributed by atoms with Crippen molar-refractivity contribution in [3.05, 3.63) is 0 Å². The molecule has 0 N–H and O–H groups in total. The van der Waals surface area contributed by atoms with Crippen molar-refractivity contribution in [1.82, 2.24) is 0 Å². The van der Waals surface area contributed by atoms with Crippen LogP contribution in [0.15, 0.2) is 0 Å². The van der Waals surface area contributed by atoms with Gasteiger partial charge in [0.05, 0.1) is 6.61 Å². The zero-order valence-electron chi connectivity index (χ0n) is 5.35. The van der Waals surface area contributed by atoms with Crippen molar-refractivity contribution in [3.63, 3.8) is 0 Å². The minimum atomic E-state index is -0.0255. The number of esters is 1. The second kappa shape index (κ2) is 5.20. The molecule has 0 atom stereocenters. The summed E-state index contributed by atoms with van der Waals surface area (Å²) in [5, 5.41) is 0. The van der Waals surface area contributed by atoms with Crippen LogP contribution in [-0.2, 0) is 9.53 Å². The number of hydrogen-bond donors (Lipinski definition) is 0. The van der Waals surface area contributed by atoms with Gasteiger partial charge in [0.15, 0.2) is 0 Å². The molecular formula is C6H10O2Pb. The fourth-order valence-electron chi connectivity index (χ4n) is 0.806. The summed E-state index contributed by atoms with van der Waals surface area (Å²) in [6.45, 7) is 0.638. The van der Waals surface area contributed by atoms with Gasteiger partial charge < -0.3 is 4.74 Å². The van der Waals surface area contributed by atoms with Gasteiger partial charge in [0, 0.05) is 33.7 Å². The average Bonchev–Trinajstić information content (AvgIpc) is 1.94. The van der Waals surface area contributed by atoms with Crippen molar-refractivity contribution in [3.8, 4) is 0 Å². The first-order chi connectivity index (χ1) is 3.89. The molecule has 1 aliphatic heterocycles. The van der Waals surface area contributed by atoms with Crippen molar-refractivity contribution in [1.29, 1.82) is 0 Å². The largest absolute Gasteiger partial charge is 0.466 e. The molecule has 0 bridgehead atoms. The maximum atomic E-state index is 10.5. The van der Waals surface area contributed by atoms with E-state index in [-0.39, 0.29) is 33.3 Å². The molecule has 1 rings (SSSR count). The minimum absolute atomic E-state index is 0. The quantitative estimate of drug-likeness (QED) is 0.486. The van der Waals surface area contributed by atoms with Gasteiger partial charge in [-0.15, -0.1) is 0 Å². The second-order valence-electron chi connectivity index (χ2n) is 2.03. The molecule has 2 nitrogen and oxygen atoms in total. The molecule has 1 fully saturated rings. The Balaban J connectivity index is 0.000000640. The third-order valence-corrected chi connectivity index (χ3v) is 1.29. The van der Waals surface area contributed by atoms with Gasteiger partial charge >= 0.3 is 5.97 Å². The molecule has 0 unspecified atom stereocenters. The zero-order chi connectivity index (χ0) is 5.82. The van der Waals surface area contributed by atoms with Gasteiger partial charge in [-0.3, -0.25) is 4.79 Å². The fourth-order valence-corrected chi connectivity index (χ4v) is 0.806. The van der Waals surface area contributed by atoms with Crippen molar-refractivity contribution >= 4 is 33.3 Å². The molecule has 3 heteroatoms. The van der Waals surface area contributed by atoms with E-state index in [0.29, 0.717) is 13.0 Å². The first kappa shape index (κ1) is 9.39. The Bertz CT molecular complexity index is 83.1. The monoisotopic (exact) mass is 322 g/mol. The molecular weight excluding hydrogens is 311 g/mol. The van der Waals surface area contributed by atoms with Gasteiger partial charge in [0.2, 0.25) is 0 Å². The minimum Gasteiger partial charge on any atom is -0.466 e. The molecule has 0 aromatic carbocycles. The van der Waals surface area contributed by atoms with Gasteiger partial charge in [-0.2, -0.15) is 0 Å². The molecule has 0 saturated carbocycles. The molecule has 1 heterocycles. The van der Waals surface area contributed by atoms with E-state index in [0.717, 1.165) is 19.3 Å². The van der Waals surface area contributed by atoms with Crippen LogP contribution in [0.3, 0.4) is 0 Å². The van der Waals surface area contributed by atoms with Crippen molar-refractivity contribution < 1.29 is 9.53 Å². The number of carbonyl (C=O) groups excluding carboxylic acids is 1. The van der Waals surface area contributed by atoms with Crippen LogP contribution in [0, 0.1) is 0 Å². The Morgan fingerprint density at radius 1 is 1.22 bits per heavy atom. The van der Waals surface area contributed by atoms with E-state index in [2.05, 4.69) is 0 Å². The normalized spacial score (nSPS) is 19.3. The molecule has 0 aromatic heterocycles. The number of rotatable bonds is 0. The van der Waals surface area contributed by atoms with Crippen LogP contribution in [0.2, 0.25) is 0 Å². The summed E-state index contributed by atoms with van der Waals surface area (Å²) in [7, 11) is 0. The predicted octanol–water partition coefficient (Wildman–Crippen LogP) is 0.723. The summed E-state index contributed by atoms with van der Waals surface area (Å²) in [5.41, 5.74) is 0. The molecule has 4 radical (unpaired) electrons. The molecule has 0 spiro atoms. The van der Waals surface area contributed by atoms with Crippen molar-refractivity contribution in [2.24, 2.45) is 0 Å². The molecule has 0 aliphatic carbocycles. The van der Waals surface area contributed by atoms with Crippen LogP contribution in [-0.4, -0.2) is 39.9 Å². The van der Waals surface area contributed by atoms with E-state index < -0.39 is 0 Å². The zero-order valence-corrected chi connectivity index (χ0v) is 9.24. The SMILES string of the molecule is O=C1CCCCCO1.[Pb]. The summed E-state index contributed by atoms with van der Waals surface area (Å²) in [6, 6.07) is 0. The Morgan fingerprint density at radius 2 is 2.00 bits per heavy atom. The van der Waals surface area contributed by atoms with Crippen molar-refractivity contribution in [2.45, 2.75) is 25.7 Å². The first-order valence-electron chi connectivity index (χ1n) is 3.05. The van der Waals surface area contributed by atoms with Gasteiger partial charge in [-0.05, 0) is 19.3 Å². The first-order valence-corrected chi connectivity index (χ1v) is 3.05. The third kappa shape index (κ3) is 3.89. The summed E-state index contributed by atoms with van der Waals surface area (Å²) >= 11 is 0. The number of hydrogen-bond acceptors (Lipinski definition) is 2.